The average Bonchev–Trinajstić information content (AvgIpc) is 2.82. The molecule has 2 aliphatic rings. The first kappa shape index (κ1) is 10.6. The molecule has 0 saturated carbocycles. The van der Waals surface area contributed by atoms with Gasteiger partial charge >= 0.3 is 0 Å². The molecule has 0 fully saturated rings. The lowest BCUT2D eigenvalue weighted by Crippen LogP contribution is -2.44. The molecule has 0 aromatic heterocycles. The Balaban J connectivity index is 2.00. The van der Waals surface area contributed by atoms with Crippen molar-refractivity contribution in [2.24, 2.45) is 4.99 Å². The molecule has 4 nitrogen and oxygen atoms in total. The molecule has 17 heavy (non-hydrogen) atoms. The molecule has 0 radical (unpaired) electrons. The summed E-state index contributed by atoms with van der Waals surface area (Å²) in [5.74, 6) is 1.02. The lowest BCUT2D eigenvalue weighted by atomic mass is 10.1. The van der Waals surface area contributed by atoms with Gasteiger partial charge in [-0.2, -0.15) is 0 Å². The van der Waals surface area contributed by atoms with Crippen LogP contribution in [0, 0.1) is 0 Å². The Morgan fingerprint density at radius 1 is 1.35 bits per heavy atom. The van der Waals surface area contributed by atoms with Crippen LogP contribution in [-0.4, -0.2) is 31.6 Å². The van der Waals surface area contributed by atoms with Crippen LogP contribution in [0.1, 0.15) is 12.5 Å². The van der Waals surface area contributed by atoms with Crippen molar-refractivity contribution >= 4 is 11.6 Å². The molecule has 1 aromatic carbocycles. The van der Waals surface area contributed by atoms with E-state index >= 15 is 0 Å². The summed E-state index contributed by atoms with van der Waals surface area (Å²) >= 11 is 0. The summed E-state index contributed by atoms with van der Waals surface area (Å²) in [7, 11) is 0. The second-order valence-electron chi connectivity index (χ2n) is 4.65. The van der Waals surface area contributed by atoms with Gasteiger partial charge in [0, 0.05) is 31.4 Å². The normalized spacial score (nSPS) is 23.7. The summed E-state index contributed by atoms with van der Waals surface area (Å²) in [6.07, 6.45) is 0. The van der Waals surface area contributed by atoms with Crippen molar-refractivity contribution in [1.82, 2.24) is 10.6 Å². The van der Waals surface area contributed by atoms with E-state index in [1.54, 1.807) is 0 Å². The predicted octanol–water partition coefficient (Wildman–Crippen LogP) is 0.944. The van der Waals surface area contributed by atoms with Crippen LogP contribution in [0.5, 0.6) is 0 Å². The molecular formula is C13H18N4. The smallest absolute Gasteiger partial charge is 0.198 e. The van der Waals surface area contributed by atoms with Crippen molar-refractivity contribution in [3.8, 4) is 0 Å². The number of guanidine groups is 1. The Morgan fingerprint density at radius 3 is 3.06 bits per heavy atom. The number of nitrogens with one attached hydrogen (secondary N) is 2. The second kappa shape index (κ2) is 4.37. The second-order valence-corrected chi connectivity index (χ2v) is 4.65. The minimum absolute atomic E-state index is 0.465. The summed E-state index contributed by atoms with van der Waals surface area (Å²) in [5, 5.41) is 6.89. The van der Waals surface area contributed by atoms with Crippen molar-refractivity contribution in [2.75, 3.05) is 24.5 Å². The van der Waals surface area contributed by atoms with Gasteiger partial charge in [0.25, 0.3) is 0 Å². The summed E-state index contributed by atoms with van der Waals surface area (Å²) in [4.78, 5) is 6.84. The van der Waals surface area contributed by atoms with E-state index in [4.69, 9.17) is 0 Å². The van der Waals surface area contributed by atoms with Gasteiger partial charge in [-0.1, -0.05) is 18.2 Å². The molecule has 2 N–H and O–H groups in total. The van der Waals surface area contributed by atoms with Gasteiger partial charge in [0.2, 0.25) is 0 Å². The fourth-order valence-electron chi connectivity index (χ4n) is 2.41. The highest BCUT2D eigenvalue weighted by atomic mass is 15.3. The number of para-hydroxylation sites is 1. The first-order chi connectivity index (χ1) is 8.34. The molecule has 0 spiro atoms. The number of hydrogen-bond acceptors (Lipinski definition) is 4. The van der Waals surface area contributed by atoms with Gasteiger partial charge in [-0.25, -0.2) is 0 Å². The molecule has 4 heteroatoms. The molecule has 0 bridgehead atoms. The van der Waals surface area contributed by atoms with Gasteiger partial charge in [0.15, 0.2) is 5.96 Å². The van der Waals surface area contributed by atoms with Crippen LogP contribution >= 0.6 is 0 Å². The van der Waals surface area contributed by atoms with Gasteiger partial charge in [0.1, 0.15) is 0 Å². The largest absolute Gasteiger partial charge is 0.354 e. The van der Waals surface area contributed by atoms with Crippen molar-refractivity contribution < 1.29 is 0 Å². The Hall–Kier alpha value is -1.55. The van der Waals surface area contributed by atoms with Crippen molar-refractivity contribution in [2.45, 2.75) is 19.5 Å². The average molecular weight is 230 g/mol. The Bertz CT molecular complexity index is 441. The predicted molar refractivity (Wildman–Crippen MR) is 70.4 cm³/mol. The quantitative estimate of drug-likeness (QED) is 0.697. The van der Waals surface area contributed by atoms with Crippen molar-refractivity contribution in [3.05, 3.63) is 29.8 Å². The van der Waals surface area contributed by atoms with Gasteiger partial charge < -0.3 is 15.5 Å². The summed E-state index contributed by atoms with van der Waals surface area (Å²) < 4.78 is 0. The van der Waals surface area contributed by atoms with Gasteiger partial charge in [-0.05, 0) is 18.6 Å². The van der Waals surface area contributed by atoms with E-state index in [0.29, 0.717) is 6.04 Å². The summed E-state index contributed by atoms with van der Waals surface area (Å²) in [6.45, 7) is 5.95. The Labute approximate surface area is 102 Å². The van der Waals surface area contributed by atoms with E-state index in [9.17, 15) is 0 Å². The molecule has 2 aliphatic heterocycles. The highest BCUT2D eigenvalue weighted by Gasteiger charge is 2.23. The Morgan fingerprint density at radius 2 is 2.24 bits per heavy atom. The fraction of sp³-hybridized carbons (Fsp3) is 0.462. The van der Waals surface area contributed by atoms with E-state index in [2.05, 4.69) is 51.7 Å². The minimum atomic E-state index is 0.465. The van der Waals surface area contributed by atoms with Crippen LogP contribution in [0.15, 0.2) is 29.3 Å². The third-order valence-corrected chi connectivity index (χ3v) is 3.29. The molecule has 1 aromatic rings. The van der Waals surface area contributed by atoms with Gasteiger partial charge in [-0.15, -0.1) is 0 Å². The maximum absolute atomic E-state index is 4.54. The van der Waals surface area contributed by atoms with Gasteiger partial charge in [0.05, 0.1) is 6.54 Å². The number of fused-ring (bicyclic) bond motifs is 1. The third kappa shape index (κ3) is 2.00. The van der Waals surface area contributed by atoms with Crippen molar-refractivity contribution in [3.63, 3.8) is 0 Å². The zero-order valence-corrected chi connectivity index (χ0v) is 10.1. The fourth-order valence-corrected chi connectivity index (χ4v) is 2.41. The lowest BCUT2D eigenvalue weighted by molar-refractivity contribution is 0.569. The maximum Gasteiger partial charge on any atom is 0.198 e. The monoisotopic (exact) mass is 230 g/mol. The number of nitrogens with zero attached hydrogens (tertiary/aromatic N) is 2. The topological polar surface area (TPSA) is 39.7 Å². The minimum Gasteiger partial charge on any atom is -0.354 e. The summed E-state index contributed by atoms with van der Waals surface area (Å²) in [5.41, 5.74) is 2.62. The molecule has 1 unspecified atom stereocenters. The van der Waals surface area contributed by atoms with Crippen LogP contribution in [0.2, 0.25) is 0 Å². The van der Waals surface area contributed by atoms with Crippen LogP contribution < -0.4 is 15.5 Å². The molecule has 0 aliphatic carbocycles. The third-order valence-electron chi connectivity index (χ3n) is 3.29. The first-order valence-electron chi connectivity index (χ1n) is 6.22. The van der Waals surface area contributed by atoms with Crippen LogP contribution in [0.25, 0.3) is 0 Å². The molecule has 90 valence electrons. The zero-order chi connectivity index (χ0) is 11.7. The highest BCUT2D eigenvalue weighted by molar-refractivity contribution is 5.97. The van der Waals surface area contributed by atoms with Crippen LogP contribution in [-0.2, 0) is 6.54 Å². The lowest BCUT2D eigenvalue weighted by Gasteiger charge is -2.26. The first-order valence-corrected chi connectivity index (χ1v) is 6.22. The van der Waals surface area contributed by atoms with Crippen molar-refractivity contribution in [1.29, 1.82) is 0 Å². The summed E-state index contributed by atoms with van der Waals surface area (Å²) in [6, 6.07) is 9.02. The molecular weight excluding hydrogens is 212 g/mol. The molecule has 0 saturated heterocycles. The number of rotatable bonds is 0. The maximum atomic E-state index is 4.54. The van der Waals surface area contributed by atoms with Gasteiger partial charge in [-0.3, -0.25) is 4.99 Å². The molecule has 1 atom stereocenters. The molecule has 3 rings (SSSR count). The number of anilines is 1. The highest BCUT2D eigenvalue weighted by Crippen LogP contribution is 2.23. The standard InChI is InChI=1S/C13H18N4/c1-10-9-17(13-14-6-7-15-13)12-5-3-2-4-11(12)8-16-10/h2-5,10,16H,6-9H2,1H3,(H,14,15). The van der Waals surface area contributed by atoms with E-state index < -0.39 is 0 Å². The molecule has 2 heterocycles. The zero-order valence-electron chi connectivity index (χ0n) is 10.1. The van der Waals surface area contributed by atoms with E-state index in [-0.39, 0.29) is 0 Å². The van der Waals surface area contributed by atoms with E-state index in [0.717, 1.165) is 32.1 Å². The van der Waals surface area contributed by atoms with E-state index in [1.807, 2.05) is 0 Å². The SMILES string of the molecule is CC1CN(C2=NCCN2)c2ccccc2CN1. The van der Waals surface area contributed by atoms with E-state index in [1.165, 1.54) is 11.3 Å². The molecule has 0 amide bonds. The Kier molecular flexibility index (Phi) is 2.73. The van der Waals surface area contributed by atoms with Crippen LogP contribution in [0.3, 0.4) is 0 Å². The number of hydrogen-bond donors (Lipinski definition) is 2. The number of aliphatic imine (C=N–C) groups is 1. The van der Waals surface area contributed by atoms with Crippen LogP contribution in [0.4, 0.5) is 5.69 Å². The number of benzene rings is 1.